The van der Waals surface area contributed by atoms with Gasteiger partial charge in [-0.05, 0) is 49.6 Å². The number of aromatic nitrogens is 3. The van der Waals surface area contributed by atoms with Crippen molar-refractivity contribution in [1.82, 2.24) is 19.7 Å². The number of thioether (sulfide) groups is 1. The van der Waals surface area contributed by atoms with E-state index in [1.165, 1.54) is 12.1 Å². The third kappa shape index (κ3) is 6.42. The summed E-state index contributed by atoms with van der Waals surface area (Å²) in [5, 5.41) is 9.51. The topological polar surface area (TPSA) is 55.7 Å². The van der Waals surface area contributed by atoms with Crippen molar-refractivity contribution >= 4 is 42.3 Å². The van der Waals surface area contributed by atoms with E-state index in [0.717, 1.165) is 61.4 Å². The Balaban J connectivity index is 0.00000180. The number of fused-ring (bicyclic) bond motifs is 1. The van der Waals surface area contributed by atoms with Gasteiger partial charge in [-0.25, -0.2) is 0 Å². The fraction of sp³-hybridized carbons (Fsp3) is 0.652. The molecule has 0 saturated carbocycles. The van der Waals surface area contributed by atoms with Crippen molar-refractivity contribution in [3.63, 3.8) is 0 Å². The predicted molar refractivity (Wildman–Crippen MR) is 137 cm³/mol. The van der Waals surface area contributed by atoms with Crippen LogP contribution in [0.1, 0.15) is 30.3 Å². The number of nitrogens with zero attached hydrogens (tertiary/aromatic N) is 5. The molecule has 4 heterocycles. The Morgan fingerprint density at radius 2 is 1.86 bits per heavy atom. The zero-order chi connectivity index (χ0) is 23.7. The van der Waals surface area contributed by atoms with Gasteiger partial charge in [-0.15, -0.1) is 35.0 Å². The Morgan fingerprint density at radius 1 is 1.08 bits per heavy atom. The van der Waals surface area contributed by atoms with Crippen molar-refractivity contribution in [2.45, 2.75) is 36.3 Å². The number of anilines is 1. The van der Waals surface area contributed by atoms with Crippen molar-refractivity contribution in [3.8, 4) is 0 Å². The summed E-state index contributed by atoms with van der Waals surface area (Å²) in [5.41, 5.74) is 0.301. The number of rotatable bonds is 7. The van der Waals surface area contributed by atoms with Crippen molar-refractivity contribution in [3.05, 3.63) is 35.7 Å². The smallest absolute Gasteiger partial charge is 0.376 e. The molecule has 7 nitrogen and oxygen atoms in total. The molecule has 36 heavy (non-hydrogen) atoms. The Bertz CT molecular complexity index is 976. The zero-order valence-electron chi connectivity index (χ0n) is 20.0. The van der Waals surface area contributed by atoms with Gasteiger partial charge in [0.1, 0.15) is 6.10 Å². The molecule has 1 aromatic carbocycles. The van der Waals surface area contributed by atoms with Gasteiger partial charge in [0.15, 0.2) is 11.0 Å². The maximum absolute atomic E-state index is 12.9. The molecular formula is C23H32Cl2F3N5O2S. The summed E-state index contributed by atoms with van der Waals surface area (Å²) in [4.78, 5) is 4.78. The largest absolute Gasteiger partial charge is 0.416 e. The number of benzene rings is 1. The maximum Gasteiger partial charge on any atom is 0.416 e. The van der Waals surface area contributed by atoms with Gasteiger partial charge < -0.3 is 23.8 Å². The van der Waals surface area contributed by atoms with E-state index in [1.807, 2.05) is 11.6 Å². The molecule has 1 aromatic heterocycles. The molecule has 3 fully saturated rings. The lowest BCUT2D eigenvalue weighted by Gasteiger charge is -2.27. The molecule has 0 amide bonds. The number of hydrogen-bond acceptors (Lipinski definition) is 7. The van der Waals surface area contributed by atoms with Crippen molar-refractivity contribution < 1.29 is 22.6 Å². The second-order valence-electron chi connectivity index (χ2n) is 9.15. The third-order valence-electron chi connectivity index (χ3n) is 6.97. The van der Waals surface area contributed by atoms with Crippen LogP contribution in [0.4, 0.5) is 18.9 Å². The molecule has 0 N–H and O–H groups in total. The van der Waals surface area contributed by atoms with E-state index in [0.29, 0.717) is 31.8 Å². The van der Waals surface area contributed by atoms with Crippen LogP contribution >= 0.6 is 36.6 Å². The monoisotopic (exact) mass is 569 g/mol. The molecule has 5 rings (SSSR count). The summed E-state index contributed by atoms with van der Waals surface area (Å²) in [7, 11) is 1.97. The van der Waals surface area contributed by atoms with Gasteiger partial charge >= 0.3 is 6.18 Å². The SMILES string of the molecule is Cl.Cl.Cn1c(SCCCN2C[C@@H]3CCN(c4ccc(C(F)(F)F)cc4)[C@@H]3C2)nnc1[C@@H]1COCCO1. The average molecular weight is 571 g/mol. The van der Waals surface area contributed by atoms with Crippen LogP contribution in [0.5, 0.6) is 0 Å². The summed E-state index contributed by atoms with van der Waals surface area (Å²) in [5.74, 6) is 2.33. The van der Waals surface area contributed by atoms with Crippen LogP contribution in [0.15, 0.2) is 29.4 Å². The van der Waals surface area contributed by atoms with E-state index in [4.69, 9.17) is 9.47 Å². The van der Waals surface area contributed by atoms with E-state index < -0.39 is 11.7 Å². The Kier molecular flexibility index (Phi) is 10.2. The molecule has 3 saturated heterocycles. The number of hydrogen-bond donors (Lipinski definition) is 0. The van der Waals surface area contributed by atoms with E-state index in [-0.39, 0.29) is 30.9 Å². The van der Waals surface area contributed by atoms with Crippen LogP contribution < -0.4 is 4.90 Å². The Hall–Kier alpha value is -1.24. The molecule has 202 valence electrons. The lowest BCUT2D eigenvalue weighted by Crippen LogP contribution is -2.35. The first-order chi connectivity index (χ1) is 16.4. The normalized spacial score (nSPS) is 24.3. The molecule has 0 aliphatic carbocycles. The molecule has 13 heteroatoms. The minimum Gasteiger partial charge on any atom is -0.376 e. The highest BCUT2D eigenvalue weighted by Gasteiger charge is 2.41. The van der Waals surface area contributed by atoms with Gasteiger partial charge in [0, 0.05) is 44.2 Å². The zero-order valence-corrected chi connectivity index (χ0v) is 22.5. The Morgan fingerprint density at radius 3 is 2.56 bits per heavy atom. The molecular weight excluding hydrogens is 538 g/mol. The van der Waals surface area contributed by atoms with Crippen molar-refractivity contribution in [2.24, 2.45) is 13.0 Å². The lowest BCUT2D eigenvalue weighted by atomic mass is 10.0. The van der Waals surface area contributed by atoms with Gasteiger partial charge in [0.05, 0.1) is 25.4 Å². The summed E-state index contributed by atoms with van der Waals surface area (Å²) in [6, 6.07) is 5.99. The fourth-order valence-electron chi connectivity index (χ4n) is 5.21. The summed E-state index contributed by atoms with van der Waals surface area (Å²) >= 11 is 1.70. The summed E-state index contributed by atoms with van der Waals surface area (Å²) in [6.07, 6.45) is -2.32. The van der Waals surface area contributed by atoms with E-state index in [1.54, 1.807) is 23.9 Å². The highest BCUT2D eigenvalue weighted by Crippen LogP contribution is 2.37. The molecule has 0 spiro atoms. The minimum absolute atomic E-state index is 0. The van der Waals surface area contributed by atoms with E-state index in [9.17, 15) is 13.2 Å². The standard InChI is InChI=1S/C23H30F3N5O2S.2ClH/c1-29-21(20-15-32-10-11-33-20)27-28-22(29)34-12-2-8-30-13-16-7-9-31(19(16)14-30)18-5-3-17(4-6-18)23(24,25)26;;/h3-6,16,19-20H,2,7-15H2,1H3;2*1H/t16-,19+,20-;;/m0../s1. The second-order valence-corrected chi connectivity index (χ2v) is 10.2. The predicted octanol–water partition coefficient (Wildman–Crippen LogP) is 4.46. The Labute approximate surface area is 225 Å². The van der Waals surface area contributed by atoms with Crippen LogP contribution in [0, 0.1) is 5.92 Å². The van der Waals surface area contributed by atoms with Crippen molar-refractivity contribution in [1.29, 1.82) is 0 Å². The van der Waals surface area contributed by atoms with Gasteiger partial charge in [0.2, 0.25) is 0 Å². The molecule has 0 bridgehead atoms. The lowest BCUT2D eigenvalue weighted by molar-refractivity contribution is -0.137. The summed E-state index contributed by atoms with van der Waals surface area (Å²) in [6.45, 7) is 5.64. The van der Waals surface area contributed by atoms with Gasteiger partial charge in [-0.3, -0.25) is 0 Å². The second kappa shape index (κ2) is 12.5. The molecule has 3 aliphatic heterocycles. The molecule has 3 atom stereocenters. The fourth-order valence-corrected chi connectivity index (χ4v) is 6.06. The van der Waals surface area contributed by atoms with Crippen molar-refractivity contribution in [2.75, 3.05) is 56.7 Å². The minimum atomic E-state index is -4.29. The molecule has 0 radical (unpaired) electrons. The van der Waals surface area contributed by atoms with Gasteiger partial charge in [0.25, 0.3) is 0 Å². The number of alkyl halides is 3. The first-order valence-corrected chi connectivity index (χ1v) is 12.8. The highest BCUT2D eigenvalue weighted by molar-refractivity contribution is 7.99. The van der Waals surface area contributed by atoms with Crippen LogP contribution in [0.3, 0.4) is 0 Å². The molecule has 3 aliphatic rings. The quantitative estimate of drug-likeness (QED) is 0.360. The first-order valence-electron chi connectivity index (χ1n) is 11.8. The first kappa shape index (κ1) is 29.3. The number of ether oxygens (including phenoxy) is 2. The van der Waals surface area contributed by atoms with E-state index >= 15 is 0 Å². The molecule has 2 aromatic rings. The van der Waals surface area contributed by atoms with E-state index in [2.05, 4.69) is 20.0 Å². The maximum atomic E-state index is 12.9. The highest BCUT2D eigenvalue weighted by atomic mass is 35.5. The molecule has 0 unspecified atom stereocenters. The number of halogens is 5. The third-order valence-corrected chi connectivity index (χ3v) is 8.08. The van der Waals surface area contributed by atoms with Gasteiger partial charge in [-0.2, -0.15) is 13.2 Å². The van der Waals surface area contributed by atoms with Crippen LogP contribution in [-0.4, -0.2) is 77.5 Å². The van der Waals surface area contributed by atoms with Crippen LogP contribution in [-0.2, 0) is 22.7 Å². The van der Waals surface area contributed by atoms with Crippen LogP contribution in [0.25, 0.3) is 0 Å². The van der Waals surface area contributed by atoms with Crippen LogP contribution in [0.2, 0.25) is 0 Å². The number of likely N-dealkylation sites (tertiary alicyclic amines) is 1. The average Bonchev–Trinajstić information content (AvgIpc) is 3.51. The van der Waals surface area contributed by atoms with Gasteiger partial charge in [-0.1, -0.05) is 11.8 Å². The summed E-state index contributed by atoms with van der Waals surface area (Å²) < 4.78 is 51.9.